The van der Waals surface area contributed by atoms with Gasteiger partial charge >= 0.3 is 6.18 Å². The molecule has 2 rings (SSSR count). The third-order valence-electron chi connectivity index (χ3n) is 6.40. The number of halogens is 4. The minimum Gasteiger partial charge on any atom is -0.382 e. The largest absolute Gasteiger partial charge is 0.416 e. The van der Waals surface area contributed by atoms with E-state index in [1.165, 1.54) is 39.8 Å². The Balaban J connectivity index is 2.28. The highest BCUT2D eigenvalue weighted by molar-refractivity contribution is 6.15. The molecule has 2 unspecified atom stereocenters. The number of anilines is 1. The molecule has 8 nitrogen and oxygen atoms in total. The Bertz CT molecular complexity index is 928. The topological polar surface area (TPSA) is 134 Å². The second kappa shape index (κ2) is 10.6. The first kappa shape index (κ1) is 28.7. The quantitative estimate of drug-likeness (QED) is 0.258. The van der Waals surface area contributed by atoms with Gasteiger partial charge in [-0.25, -0.2) is 4.39 Å². The van der Waals surface area contributed by atoms with Gasteiger partial charge in [0.25, 0.3) is 0 Å². The van der Waals surface area contributed by atoms with Crippen molar-refractivity contribution in [3.05, 3.63) is 30.1 Å². The summed E-state index contributed by atoms with van der Waals surface area (Å²) < 4.78 is 52.6. The number of alkyl halides is 3. The Morgan fingerprint density at radius 1 is 1.14 bits per heavy atom. The number of aliphatic hydroxyl groups excluding tert-OH is 1. The molecule has 6 N–H and O–H groups in total. The Hall–Kier alpha value is -2.57. The number of amides is 2. The fraction of sp³-hybridized carbons (Fsp3) is 0.609. The summed E-state index contributed by atoms with van der Waals surface area (Å²) in [6.07, 6.45) is -7.51. The Labute approximate surface area is 201 Å². The fourth-order valence-corrected chi connectivity index (χ4v) is 3.91. The van der Waals surface area contributed by atoms with Crippen LogP contribution in [-0.2, 0) is 14.4 Å². The van der Waals surface area contributed by atoms with E-state index in [1.54, 1.807) is 0 Å². The lowest BCUT2D eigenvalue weighted by molar-refractivity contribution is -0.215. The molecule has 1 aliphatic rings. The van der Waals surface area contributed by atoms with Crippen LogP contribution in [0.5, 0.6) is 0 Å². The molecule has 1 heterocycles. The first-order valence-electron chi connectivity index (χ1n) is 11.2. The number of Topliss-reactive ketones (excluding diaryl/α,β-unsaturated/α-hetero) is 1. The van der Waals surface area contributed by atoms with Crippen LogP contribution in [-0.4, -0.2) is 59.2 Å². The summed E-state index contributed by atoms with van der Waals surface area (Å²) in [6, 6.07) is 1.68. The summed E-state index contributed by atoms with van der Waals surface area (Å²) in [7, 11) is 0. The third-order valence-corrected chi connectivity index (χ3v) is 6.40. The van der Waals surface area contributed by atoms with Crippen LogP contribution in [0.1, 0.15) is 40.5 Å². The molecule has 1 aromatic carbocycles. The first-order chi connectivity index (χ1) is 16.0. The van der Waals surface area contributed by atoms with Gasteiger partial charge in [0.2, 0.25) is 11.8 Å². The minimum atomic E-state index is -4.99. The number of rotatable bonds is 9. The number of benzene rings is 1. The Morgan fingerprint density at radius 2 is 1.71 bits per heavy atom. The number of hydrogen-bond donors (Lipinski definition) is 5. The first-order valence-corrected chi connectivity index (χ1v) is 11.2. The second-order valence-electron chi connectivity index (χ2n) is 9.69. The molecule has 1 fully saturated rings. The van der Waals surface area contributed by atoms with Crippen molar-refractivity contribution in [1.82, 2.24) is 10.6 Å². The molecule has 2 amide bonds. The van der Waals surface area contributed by atoms with Gasteiger partial charge in [-0.1, -0.05) is 13.8 Å². The normalized spacial score (nSPS) is 21.3. The highest BCUT2D eigenvalue weighted by atomic mass is 19.4. The summed E-state index contributed by atoms with van der Waals surface area (Å²) in [4.78, 5) is 39.6. The van der Waals surface area contributed by atoms with Crippen LogP contribution in [0, 0.1) is 17.2 Å². The van der Waals surface area contributed by atoms with Crippen LogP contribution in [0.2, 0.25) is 0 Å². The van der Waals surface area contributed by atoms with E-state index >= 15 is 0 Å². The number of ketones is 1. The summed E-state index contributed by atoms with van der Waals surface area (Å²) in [5.41, 5.74) is 2.92. The number of nitrogens with one attached hydrogen (secondary N) is 3. The van der Waals surface area contributed by atoms with Gasteiger partial charge in [-0.3, -0.25) is 19.7 Å². The van der Waals surface area contributed by atoms with Crippen LogP contribution >= 0.6 is 0 Å². The zero-order valence-electron chi connectivity index (χ0n) is 20.0. The molecule has 0 aliphatic carbocycles. The molecule has 1 aliphatic heterocycles. The number of hydrogen-bond acceptors (Lipinski definition) is 6. The van der Waals surface area contributed by atoms with Crippen molar-refractivity contribution in [3.8, 4) is 0 Å². The molecule has 0 saturated carbocycles. The van der Waals surface area contributed by atoms with Crippen molar-refractivity contribution < 1.29 is 37.1 Å². The fourth-order valence-electron chi connectivity index (χ4n) is 3.91. The predicted molar refractivity (Wildman–Crippen MR) is 121 cm³/mol. The van der Waals surface area contributed by atoms with Crippen LogP contribution in [0.15, 0.2) is 24.3 Å². The molecule has 12 heteroatoms. The van der Waals surface area contributed by atoms with Crippen molar-refractivity contribution in [2.75, 3.05) is 11.9 Å². The molecule has 1 saturated heterocycles. The number of nitrogens with two attached hydrogens (primary N) is 1. The minimum absolute atomic E-state index is 0.0477. The number of aliphatic hydroxyl groups is 1. The van der Waals surface area contributed by atoms with E-state index in [2.05, 4.69) is 16.0 Å². The van der Waals surface area contributed by atoms with Gasteiger partial charge in [0.1, 0.15) is 5.82 Å². The van der Waals surface area contributed by atoms with Crippen molar-refractivity contribution in [2.24, 2.45) is 17.1 Å². The number of carbonyl (C=O) groups is 3. The zero-order valence-corrected chi connectivity index (χ0v) is 20.0. The molecule has 35 heavy (non-hydrogen) atoms. The smallest absolute Gasteiger partial charge is 0.382 e. The van der Waals surface area contributed by atoms with Crippen molar-refractivity contribution in [3.63, 3.8) is 0 Å². The molecule has 0 radical (unpaired) electrons. The molecular formula is C23H32F4N4O4. The lowest BCUT2D eigenvalue weighted by Crippen LogP contribution is -2.68. The van der Waals surface area contributed by atoms with Crippen molar-refractivity contribution in [2.45, 2.75) is 70.4 Å². The standard InChI is InChI=1S/C23H32F4N4O4/c1-12(2)15(17(32)23(25,26)27)31-20(35)22(10-5-11-29-22)18(33)16(28)21(3,4)19(34)30-14-8-6-13(24)7-9-14/h6-9,12,15-17,29,32H,5,10-11,28H2,1-4H3,(H,30,34)(H,31,35)/t15?,16-,17?,22+/m1/s1. The summed E-state index contributed by atoms with van der Waals surface area (Å²) in [6.45, 7) is 5.79. The summed E-state index contributed by atoms with van der Waals surface area (Å²) in [5.74, 6) is -3.91. The Morgan fingerprint density at radius 3 is 2.17 bits per heavy atom. The van der Waals surface area contributed by atoms with Gasteiger partial charge in [0.15, 0.2) is 17.4 Å². The lowest BCUT2D eigenvalue weighted by atomic mass is 9.74. The van der Waals surface area contributed by atoms with Gasteiger partial charge in [0, 0.05) is 5.69 Å². The van der Waals surface area contributed by atoms with Gasteiger partial charge < -0.3 is 21.5 Å². The molecule has 4 atom stereocenters. The zero-order chi connectivity index (χ0) is 26.8. The van der Waals surface area contributed by atoms with Crippen LogP contribution < -0.4 is 21.7 Å². The van der Waals surface area contributed by atoms with Gasteiger partial charge in [-0.15, -0.1) is 0 Å². The molecule has 0 bridgehead atoms. The monoisotopic (exact) mass is 504 g/mol. The highest BCUT2D eigenvalue weighted by Crippen LogP contribution is 2.31. The average Bonchev–Trinajstić information content (AvgIpc) is 3.27. The Kier molecular flexibility index (Phi) is 8.67. The summed E-state index contributed by atoms with van der Waals surface area (Å²) >= 11 is 0. The van der Waals surface area contributed by atoms with Crippen LogP contribution in [0.4, 0.5) is 23.2 Å². The SMILES string of the molecule is CC(C)C(NC(=O)[C@@]1(C(=O)[C@@H](N)C(C)(C)C(=O)Nc2ccc(F)cc2)CCCN1)C(O)C(F)(F)F. The van der Waals surface area contributed by atoms with Crippen molar-refractivity contribution >= 4 is 23.3 Å². The van der Waals surface area contributed by atoms with E-state index in [9.17, 15) is 37.1 Å². The predicted octanol–water partition coefficient (Wildman–Crippen LogP) is 1.87. The third kappa shape index (κ3) is 6.17. The summed E-state index contributed by atoms with van der Waals surface area (Å²) in [5, 5.41) is 17.2. The maximum atomic E-state index is 13.5. The molecular weight excluding hydrogens is 472 g/mol. The highest BCUT2D eigenvalue weighted by Gasteiger charge is 2.55. The van der Waals surface area contributed by atoms with Crippen molar-refractivity contribution in [1.29, 1.82) is 0 Å². The van der Waals surface area contributed by atoms with E-state index in [-0.39, 0.29) is 18.7 Å². The van der Waals surface area contributed by atoms with E-state index in [0.717, 1.165) is 12.1 Å². The molecule has 196 valence electrons. The van der Waals surface area contributed by atoms with Crippen LogP contribution in [0.25, 0.3) is 0 Å². The average molecular weight is 505 g/mol. The van der Waals surface area contributed by atoms with Gasteiger partial charge in [0.05, 0.1) is 17.5 Å². The van der Waals surface area contributed by atoms with Gasteiger partial charge in [-0.05, 0) is 63.4 Å². The molecule has 0 spiro atoms. The van der Waals surface area contributed by atoms with E-state index < -0.39 is 64.7 Å². The molecule has 1 aromatic rings. The molecule has 0 aromatic heterocycles. The van der Waals surface area contributed by atoms with E-state index in [4.69, 9.17) is 5.73 Å². The van der Waals surface area contributed by atoms with Gasteiger partial charge in [-0.2, -0.15) is 13.2 Å². The maximum absolute atomic E-state index is 13.5. The van der Waals surface area contributed by atoms with E-state index in [1.807, 2.05) is 0 Å². The van der Waals surface area contributed by atoms with E-state index in [0.29, 0.717) is 6.42 Å². The lowest BCUT2D eigenvalue weighted by Gasteiger charge is -2.37. The number of carbonyl (C=O) groups excluding carboxylic acids is 3. The second-order valence-corrected chi connectivity index (χ2v) is 9.69. The van der Waals surface area contributed by atoms with Crippen LogP contribution in [0.3, 0.4) is 0 Å². The maximum Gasteiger partial charge on any atom is 0.416 e.